The second kappa shape index (κ2) is 8.39. The lowest BCUT2D eigenvalue weighted by Gasteiger charge is -2.19. The number of nitro groups is 1. The van der Waals surface area contributed by atoms with Gasteiger partial charge in [-0.1, -0.05) is 43.3 Å². The lowest BCUT2D eigenvalue weighted by Crippen LogP contribution is -2.32. The summed E-state index contributed by atoms with van der Waals surface area (Å²) in [5.74, 6) is 0.527. The number of hydrogen-bond acceptors (Lipinski definition) is 5. The van der Waals surface area contributed by atoms with Crippen molar-refractivity contribution in [2.24, 2.45) is 0 Å². The highest BCUT2D eigenvalue weighted by atomic mass is 16.6. The van der Waals surface area contributed by atoms with Crippen LogP contribution in [0.5, 0.6) is 11.5 Å². The number of nitrogens with one attached hydrogen (secondary N) is 1. The van der Waals surface area contributed by atoms with Crippen LogP contribution < -0.4 is 14.8 Å². The predicted molar refractivity (Wildman–Crippen MR) is 107 cm³/mol. The maximum Gasteiger partial charge on any atom is 0.271 e. The molecule has 0 aliphatic heterocycles. The van der Waals surface area contributed by atoms with Gasteiger partial charge >= 0.3 is 0 Å². The van der Waals surface area contributed by atoms with Crippen LogP contribution in [0.3, 0.4) is 0 Å². The van der Waals surface area contributed by atoms with Crippen molar-refractivity contribution in [2.75, 3.05) is 12.4 Å². The smallest absolute Gasteiger partial charge is 0.271 e. The van der Waals surface area contributed by atoms with Crippen LogP contribution >= 0.6 is 0 Å². The van der Waals surface area contributed by atoms with E-state index in [0.29, 0.717) is 17.9 Å². The van der Waals surface area contributed by atoms with Crippen molar-refractivity contribution in [3.63, 3.8) is 0 Å². The molecule has 1 N–H and O–H groups in total. The number of ether oxygens (including phenoxy) is 2. The molecule has 0 saturated heterocycles. The molecule has 7 heteroatoms. The van der Waals surface area contributed by atoms with Gasteiger partial charge in [-0.25, -0.2) is 0 Å². The Labute approximate surface area is 162 Å². The fraction of sp³-hybridized carbons (Fsp3) is 0.190. The number of non-ortho nitro benzene ring substituents is 1. The highest BCUT2D eigenvalue weighted by Gasteiger charge is 2.22. The first kappa shape index (κ1) is 19.2. The van der Waals surface area contributed by atoms with Crippen molar-refractivity contribution in [2.45, 2.75) is 19.4 Å². The van der Waals surface area contributed by atoms with E-state index in [1.165, 1.54) is 25.3 Å². The van der Waals surface area contributed by atoms with Crippen LogP contribution in [0.2, 0.25) is 0 Å². The molecule has 0 aliphatic carbocycles. The van der Waals surface area contributed by atoms with Crippen molar-refractivity contribution in [3.05, 3.63) is 70.8 Å². The van der Waals surface area contributed by atoms with Crippen LogP contribution in [-0.4, -0.2) is 24.0 Å². The van der Waals surface area contributed by atoms with Gasteiger partial charge in [0.05, 0.1) is 17.7 Å². The largest absolute Gasteiger partial charge is 0.495 e. The number of nitrogens with zero attached hydrogens (tertiary/aromatic N) is 1. The molecular weight excluding hydrogens is 360 g/mol. The average molecular weight is 380 g/mol. The van der Waals surface area contributed by atoms with Gasteiger partial charge in [0.1, 0.15) is 11.5 Å². The van der Waals surface area contributed by atoms with Crippen molar-refractivity contribution in [1.82, 2.24) is 0 Å². The minimum atomic E-state index is -0.769. The van der Waals surface area contributed by atoms with E-state index in [0.717, 1.165) is 10.8 Å². The van der Waals surface area contributed by atoms with E-state index in [-0.39, 0.29) is 11.4 Å². The Hall–Kier alpha value is -3.61. The third-order valence-electron chi connectivity index (χ3n) is 4.33. The van der Waals surface area contributed by atoms with Gasteiger partial charge in [0.25, 0.3) is 11.6 Å². The summed E-state index contributed by atoms with van der Waals surface area (Å²) in [5.41, 5.74) is 0.0841. The molecule has 0 saturated carbocycles. The summed E-state index contributed by atoms with van der Waals surface area (Å²) >= 11 is 0. The zero-order valence-electron chi connectivity index (χ0n) is 15.5. The lowest BCUT2D eigenvalue weighted by atomic mass is 10.1. The molecule has 0 aliphatic rings. The van der Waals surface area contributed by atoms with E-state index in [4.69, 9.17) is 9.47 Å². The molecule has 3 rings (SSSR count). The fourth-order valence-electron chi connectivity index (χ4n) is 2.89. The molecule has 0 bridgehead atoms. The second-order valence-corrected chi connectivity index (χ2v) is 6.12. The number of carbonyl (C=O) groups is 1. The lowest BCUT2D eigenvalue weighted by molar-refractivity contribution is -0.384. The summed E-state index contributed by atoms with van der Waals surface area (Å²) in [6, 6.07) is 17.4. The number of amides is 1. The van der Waals surface area contributed by atoms with Crippen molar-refractivity contribution >= 4 is 28.1 Å². The van der Waals surface area contributed by atoms with Crippen LogP contribution in [0, 0.1) is 10.1 Å². The summed E-state index contributed by atoms with van der Waals surface area (Å²) in [4.78, 5) is 23.3. The Bertz CT molecular complexity index is 1010. The number of hydrogen-bond donors (Lipinski definition) is 1. The third kappa shape index (κ3) is 4.03. The number of benzene rings is 3. The first-order valence-electron chi connectivity index (χ1n) is 8.81. The van der Waals surface area contributed by atoms with Crippen LogP contribution in [0.15, 0.2) is 60.7 Å². The van der Waals surface area contributed by atoms with Crippen LogP contribution in [-0.2, 0) is 4.79 Å². The highest BCUT2D eigenvalue weighted by molar-refractivity contribution is 5.96. The van der Waals surface area contributed by atoms with E-state index in [1.807, 2.05) is 49.4 Å². The molecule has 0 spiro atoms. The third-order valence-corrected chi connectivity index (χ3v) is 4.33. The van der Waals surface area contributed by atoms with E-state index >= 15 is 0 Å². The fourth-order valence-corrected chi connectivity index (χ4v) is 2.89. The number of anilines is 1. The van der Waals surface area contributed by atoms with E-state index in [9.17, 15) is 14.9 Å². The molecule has 0 radical (unpaired) electrons. The van der Waals surface area contributed by atoms with E-state index < -0.39 is 16.9 Å². The molecule has 0 heterocycles. The predicted octanol–water partition coefficient (Wildman–Crippen LogP) is 4.55. The zero-order valence-corrected chi connectivity index (χ0v) is 15.5. The molecule has 1 amide bonds. The first-order chi connectivity index (χ1) is 13.5. The summed E-state index contributed by atoms with van der Waals surface area (Å²) in [5, 5.41) is 15.6. The Balaban J connectivity index is 1.84. The van der Waals surface area contributed by atoms with Gasteiger partial charge in [0.15, 0.2) is 6.10 Å². The Kier molecular flexibility index (Phi) is 5.74. The van der Waals surface area contributed by atoms with Gasteiger partial charge in [-0.15, -0.1) is 0 Å². The van der Waals surface area contributed by atoms with Gasteiger partial charge < -0.3 is 14.8 Å². The summed E-state index contributed by atoms with van der Waals surface area (Å²) in [7, 11) is 1.43. The second-order valence-electron chi connectivity index (χ2n) is 6.12. The van der Waals surface area contributed by atoms with E-state index in [1.54, 1.807) is 0 Å². The summed E-state index contributed by atoms with van der Waals surface area (Å²) in [6.45, 7) is 1.83. The minimum Gasteiger partial charge on any atom is -0.495 e. The number of carbonyl (C=O) groups excluding carboxylic acids is 1. The molecule has 0 unspecified atom stereocenters. The highest BCUT2D eigenvalue weighted by Crippen LogP contribution is 2.30. The van der Waals surface area contributed by atoms with Gasteiger partial charge in [-0.2, -0.15) is 0 Å². The summed E-state index contributed by atoms with van der Waals surface area (Å²) in [6.07, 6.45) is -0.346. The molecule has 28 heavy (non-hydrogen) atoms. The number of nitro benzene ring substituents is 1. The maximum atomic E-state index is 12.8. The van der Waals surface area contributed by atoms with Crippen LogP contribution in [0.25, 0.3) is 10.8 Å². The van der Waals surface area contributed by atoms with Crippen molar-refractivity contribution in [3.8, 4) is 11.5 Å². The number of rotatable bonds is 7. The van der Waals surface area contributed by atoms with Crippen LogP contribution in [0.1, 0.15) is 13.3 Å². The van der Waals surface area contributed by atoms with Gasteiger partial charge in [-0.05, 0) is 23.9 Å². The average Bonchev–Trinajstić information content (AvgIpc) is 2.71. The zero-order chi connectivity index (χ0) is 20.1. The molecule has 3 aromatic carbocycles. The Morgan fingerprint density at radius 2 is 1.86 bits per heavy atom. The molecular formula is C21H20N2O5. The molecule has 3 aromatic rings. The molecule has 144 valence electrons. The maximum absolute atomic E-state index is 12.8. The first-order valence-corrected chi connectivity index (χ1v) is 8.81. The molecule has 0 aromatic heterocycles. The quantitative estimate of drug-likeness (QED) is 0.479. The van der Waals surface area contributed by atoms with Crippen LogP contribution in [0.4, 0.5) is 11.4 Å². The van der Waals surface area contributed by atoms with Crippen molar-refractivity contribution in [1.29, 1.82) is 0 Å². The van der Waals surface area contributed by atoms with E-state index in [2.05, 4.69) is 5.32 Å². The normalized spacial score (nSPS) is 11.6. The Morgan fingerprint density at radius 3 is 2.57 bits per heavy atom. The van der Waals surface area contributed by atoms with Gasteiger partial charge in [0, 0.05) is 17.5 Å². The molecule has 1 atom stereocenters. The molecule has 0 fully saturated rings. The Morgan fingerprint density at radius 1 is 1.11 bits per heavy atom. The monoisotopic (exact) mass is 380 g/mol. The van der Waals surface area contributed by atoms with Gasteiger partial charge in [-0.3, -0.25) is 14.9 Å². The van der Waals surface area contributed by atoms with Gasteiger partial charge in [0.2, 0.25) is 0 Å². The minimum absolute atomic E-state index is 0.140. The SMILES string of the molecule is CC[C@@H](Oc1cccc2ccccc12)C(=O)Nc1cc([N+](=O)[O-])ccc1OC. The molecule has 7 nitrogen and oxygen atoms in total. The summed E-state index contributed by atoms with van der Waals surface area (Å²) < 4.78 is 11.2. The topological polar surface area (TPSA) is 90.7 Å². The number of fused-ring (bicyclic) bond motifs is 1. The number of methoxy groups -OCH3 is 1. The standard InChI is InChI=1S/C21H20N2O5/c1-3-18(28-19-10-6-8-14-7-4-5-9-16(14)19)21(24)22-17-13-15(23(25)26)11-12-20(17)27-2/h4-13,18H,3H2,1-2H3,(H,22,24)/t18-/m1/s1. The van der Waals surface area contributed by atoms with Crippen molar-refractivity contribution < 1.29 is 19.2 Å².